The number of benzene rings is 3. The van der Waals surface area contributed by atoms with Crippen LogP contribution in [0.4, 0.5) is 32.0 Å². The molecule has 9 nitrogen and oxygen atoms in total. The van der Waals surface area contributed by atoms with Crippen LogP contribution >= 0.6 is 23.2 Å². The zero-order chi connectivity index (χ0) is 35.2. The van der Waals surface area contributed by atoms with Gasteiger partial charge in [-0.1, -0.05) is 35.3 Å². The van der Waals surface area contributed by atoms with Gasteiger partial charge in [-0.05, 0) is 48.0 Å². The smallest absolute Gasteiger partial charge is 0.492 e. The third kappa shape index (κ3) is 6.70. The molecule has 3 aromatic carbocycles. The summed E-state index contributed by atoms with van der Waals surface area (Å²) in [5.74, 6) is -6.24. The van der Waals surface area contributed by atoms with Crippen molar-refractivity contribution in [2.24, 2.45) is 0 Å². The van der Waals surface area contributed by atoms with E-state index in [9.17, 15) is 35.9 Å². The van der Waals surface area contributed by atoms with Crippen LogP contribution in [0.25, 0.3) is 32.9 Å². The number of hydrogen-bond acceptors (Lipinski definition) is 7. The van der Waals surface area contributed by atoms with Gasteiger partial charge in [-0.3, -0.25) is 4.90 Å². The molecular weight excluding hydrogens is 705 g/mol. The molecule has 1 N–H and O–H groups in total. The molecule has 1 fully saturated rings. The second-order valence-electron chi connectivity index (χ2n) is 11.0. The van der Waals surface area contributed by atoms with Crippen molar-refractivity contribution >= 4 is 62.6 Å². The average molecular weight is 729 g/mol. The molecule has 0 saturated carbocycles. The number of rotatable bonds is 7. The van der Waals surface area contributed by atoms with Crippen LogP contribution in [0.2, 0.25) is 10.0 Å². The van der Waals surface area contributed by atoms with Gasteiger partial charge in [0.15, 0.2) is 11.5 Å². The van der Waals surface area contributed by atoms with Crippen LogP contribution in [0.3, 0.4) is 0 Å². The van der Waals surface area contributed by atoms with Gasteiger partial charge in [0.2, 0.25) is 0 Å². The average Bonchev–Trinajstić information content (AvgIpc) is 3.65. The molecule has 1 saturated heterocycles. The Morgan fingerprint density at radius 2 is 1.59 bits per heavy atom. The summed E-state index contributed by atoms with van der Waals surface area (Å²) in [5.41, 5.74) is 2.08. The lowest BCUT2D eigenvalue weighted by molar-refractivity contribution is -0.199. The summed E-state index contributed by atoms with van der Waals surface area (Å²) in [6.07, 6.45) is -8.95. The Hall–Kier alpha value is -4.60. The van der Waals surface area contributed by atoms with E-state index in [1.807, 2.05) is 35.4 Å². The number of halogens is 8. The topological polar surface area (TPSA) is 89.0 Å². The standard InChI is InChI=1S/C32H24Cl2F6N4O5/c1-47-28-25(48-29(45)31(35,36)37)8-7-23-27(28)26(17-5-6-19(33)20(34)15-17)24(44(23)49-30(46)32(38,39)40)16-42-11-13-43(14-12-42)22-4-2-3-21-18(22)9-10-41-21/h2-10,15,41H,11-14,16H2,1H3. The minimum absolute atomic E-state index is 0.00442. The van der Waals surface area contributed by atoms with Crippen LogP contribution < -0.4 is 19.2 Å². The summed E-state index contributed by atoms with van der Waals surface area (Å²) < 4.78 is 90.9. The van der Waals surface area contributed by atoms with Crippen molar-refractivity contribution < 1.29 is 50.2 Å². The first-order valence-electron chi connectivity index (χ1n) is 14.5. The van der Waals surface area contributed by atoms with E-state index in [1.54, 1.807) is 0 Å². The molecular formula is C32H24Cl2F6N4O5. The Balaban J connectivity index is 1.49. The van der Waals surface area contributed by atoms with E-state index in [1.165, 1.54) is 18.2 Å². The van der Waals surface area contributed by atoms with Gasteiger partial charge in [-0.15, -0.1) is 0 Å². The normalized spacial score (nSPS) is 14.4. The fourth-order valence-electron chi connectivity index (χ4n) is 5.84. The number of aromatic amines is 1. The SMILES string of the molecule is COc1c(OC(=O)C(F)(F)F)ccc2c1c(-c1ccc(Cl)c(Cl)c1)c(CN1CCN(c3cccc4[nH]ccc34)CC1)n2OC(=O)C(F)(F)F. The van der Waals surface area contributed by atoms with Gasteiger partial charge in [-0.2, -0.15) is 31.1 Å². The molecule has 5 aromatic rings. The summed E-state index contributed by atoms with van der Waals surface area (Å²) in [6.45, 7) is 1.79. The van der Waals surface area contributed by atoms with Crippen molar-refractivity contribution in [1.82, 2.24) is 14.6 Å². The Labute approximate surface area is 283 Å². The van der Waals surface area contributed by atoms with Gasteiger partial charge in [0.1, 0.15) is 0 Å². The van der Waals surface area contributed by atoms with E-state index >= 15 is 0 Å². The van der Waals surface area contributed by atoms with Gasteiger partial charge < -0.3 is 24.2 Å². The lowest BCUT2D eigenvalue weighted by atomic mass is 10.0. The number of methoxy groups -OCH3 is 1. The van der Waals surface area contributed by atoms with E-state index in [2.05, 4.69) is 14.6 Å². The summed E-state index contributed by atoms with van der Waals surface area (Å²) >= 11 is 12.5. The minimum atomic E-state index is -5.41. The van der Waals surface area contributed by atoms with Crippen LogP contribution in [-0.2, 0) is 16.1 Å². The number of aromatic nitrogens is 2. The molecule has 0 radical (unpaired) electrons. The van der Waals surface area contributed by atoms with Crippen LogP contribution in [0, 0.1) is 0 Å². The molecule has 2 aromatic heterocycles. The molecule has 3 heterocycles. The molecule has 0 atom stereocenters. The van der Waals surface area contributed by atoms with E-state index in [-0.39, 0.29) is 44.3 Å². The van der Waals surface area contributed by atoms with Crippen LogP contribution in [0.5, 0.6) is 11.5 Å². The Bertz CT molecular complexity index is 2070. The third-order valence-electron chi connectivity index (χ3n) is 8.01. The summed E-state index contributed by atoms with van der Waals surface area (Å²) in [5, 5.41) is 1.09. The van der Waals surface area contributed by atoms with Crippen molar-refractivity contribution in [3.8, 4) is 22.6 Å². The lowest BCUT2D eigenvalue weighted by Crippen LogP contribution is -2.46. The monoisotopic (exact) mass is 728 g/mol. The number of carbonyl (C=O) groups excluding carboxylic acids is 2. The number of H-pyrrole nitrogens is 1. The molecule has 49 heavy (non-hydrogen) atoms. The third-order valence-corrected chi connectivity index (χ3v) is 8.75. The van der Waals surface area contributed by atoms with Crippen molar-refractivity contribution in [3.05, 3.63) is 76.5 Å². The number of alkyl halides is 6. The zero-order valence-electron chi connectivity index (χ0n) is 25.2. The molecule has 6 rings (SSSR count). The summed E-state index contributed by atoms with van der Waals surface area (Å²) in [7, 11) is 1.07. The maximum absolute atomic E-state index is 13.6. The maximum atomic E-state index is 13.6. The molecule has 1 aliphatic heterocycles. The molecule has 0 bridgehead atoms. The van der Waals surface area contributed by atoms with Crippen molar-refractivity contribution in [2.75, 3.05) is 38.2 Å². The Kier molecular flexibility index (Phi) is 9.11. The van der Waals surface area contributed by atoms with Crippen LogP contribution in [0.1, 0.15) is 5.69 Å². The van der Waals surface area contributed by atoms with Crippen molar-refractivity contribution in [2.45, 2.75) is 18.9 Å². The fourth-order valence-corrected chi connectivity index (χ4v) is 6.14. The number of fused-ring (bicyclic) bond motifs is 2. The largest absolute Gasteiger partial charge is 0.493 e. The van der Waals surface area contributed by atoms with E-state index in [0.29, 0.717) is 30.9 Å². The van der Waals surface area contributed by atoms with Gasteiger partial charge in [0.25, 0.3) is 0 Å². The number of esters is 1. The number of nitrogens with one attached hydrogen (secondary N) is 1. The highest BCUT2D eigenvalue weighted by Gasteiger charge is 2.44. The fraction of sp³-hybridized carbons (Fsp3) is 0.250. The quantitative estimate of drug-likeness (QED) is 0.106. The molecule has 17 heteroatoms. The molecule has 1 aliphatic rings. The van der Waals surface area contributed by atoms with E-state index in [4.69, 9.17) is 32.8 Å². The maximum Gasteiger partial charge on any atom is 0.493 e. The van der Waals surface area contributed by atoms with E-state index < -0.39 is 35.8 Å². The number of anilines is 1. The van der Waals surface area contributed by atoms with Crippen LogP contribution in [-0.4, -0.2) is 72.2 Å². The highest BCUT2D eigenvalue weighted by Crippen LogP contribution is 2.46. The number of carbonyl (C=O) groups is 2. The summed E-state index contributed by atoms with van der Waals surface area (Å²) in [6, 6.07) is 14.0. The van der Waals surface area contributed by atoms with Crippen molar-refractivity contribution in [1.29, 1.82) is 0 Å². The highest BCUT2D eigenvalue weighted by molar-refractivity contribution is 6.42. The predicted molar refractivity (Wildman–Crippen MR) is 169 cm³/mol. The lowest BCUT2D eigenvalue weighted by Gasteiger charge is -2.36. The first-order valence-corrected chi connectivity index (χ1v) is 15.2. The van der Waals surface area contributed by atoms with Gasteiger partial charge in [-0.25, -0.2) is 9.59 Å². The predicted octanol–water partition coefficient (Wildman–Crippen LogP) is 7.41. The second-order valence-corrected chi connectivity index (χ2v) is 11.8. The Morgan fingerprint density at radius 1 is 0.878 bits per heavy atom. The molecule has 0 aliphatic carbocycles. The minimum Gasteiger partial charge on any atom is -0.492 e. The first kappa shape index (κ1) is 34.3. The Morgan fingerprint density at radius 3 is 2.24 bits per heavy atom. The number of nitrogens with zero attached hydrogens (tertiary/aromatic N) is 3. The van der Waals surface area contributed by atoms with E-state index in [0.717, 1.165) is 35.8 Å². The first-order chi connectivity index (χ1) is 23.2. The highest BCUT2D eigenvalue weighted by atomic mass is 35.5. The second kappa shape index (κ2) is 13.0. The number of ether oxygens (including phenoxy) is 2. The number of piperazine rings is 1. The van der Waals surface area contributed by atoms with Gasteiger partial charge in [0.05, 0.1) is 33.8 Å². The molecule has 0 spiro atoms. The molecule has 258 valence electrons. The molecule has 0 amide bonds. The molecule has 0 unspecified atom stereocenters. The van der Waals surface area contributed by atoms with Gasteiger partial charge >= 0.3 is 24.3 Å². The van der Waals surface area contributed by atoms with Crippen molar-refractivity contribution in [3.63, 3.8) is 0 Å². The summed E-state index contributed by atoms with van der Waals surface area (Å²) in [4.78, 5) is 36.3. The van der Waals surface area contributed by atoms with Gasteiger partial charge in [0, 0.05) is 61.1 Å². The van der Waals surface area contributed by atoms with Crippen LogP contribution in [0.15, 0.2) is 60.8 Å². The zero-order valence-corrected chi connectivity index (χ0v) is 26.7. The number of hydrogen-bond donors (Lipinski definition) is 1.